The molecule has 18 heavy (non-hydrogen) atoms. The number of nitrogens with one attached hydrogen (secondary N) is 2. The molecule has 1 saturated carbocycles. The second-order valence-corrected chi connectivity index (χ2v) is 4.36. The third-order valence-corrected chi connectivity index (χ3v) is 2.74. The van der Waals surface area contributed by atoms with E-state index in [0.717, 1.165) is 38.1 Å². The van der Waals surface area contributed by atoms with Crippen molar-refractivity contribution in [2.75, 3.05) is 19.6 Å². The van der Waals surface area contributed by atoms with Gasteiger partial charge in [0.2, 0.25) is 0 Å². The van der Waals surface area contributed by atoms with Crippen LogP contribution >= 0.6 is 24.0 Å². The Kier molecular flexibility index (Phi) is 7.07. The highest BCUT2D eigenvalue weighted by atomic mass is 127. The molecule has 0 saturated heterocycles. The summed E-state index contributed by atoms with van der Waals surface area (Å²) in [5.41, 5.74) is 0. The van der Waals surface area contributed by atoms with Crippen LogP contribution in [-0.4, -0.2) is 35.4 Å². The highest BCUT2D eigenvalue weighted by Crippen LogP contribution is 2.28. The molecule has 6 heteroatoms. The van der Waals surface area contributed by atoms with E-state index in [4.69, 9.17) is 0 Å². The molecule has 2 N–H and O–H groups in total. The molecular formula is C12H22IN5. The highest BCUT2D eigenvalue weighted by molar-refractivity contribution is 14.0. The van der Waals surface area contributed by atoms with Gasteiger partial charge in [0.05, 0.1) is 6.54 Å². The maximum Gasteiger partial charge on any atom is 0.191 e. The predicted octanol–water partition coefficient (Wildman–Crippen LogP) is 1.47. The fourth-order valence-corrected chi connectivity index (χ4v) is 1.58. The zero-order valence-electron chi connectivity index (χ0n) is 10.8. The summed E-state index contributed by atoms with van der Waals surface area (Å²) in [5.74, 6) is 1.75. The van der Waals surface area contributed by atoms with E-state index in [1.807, 2.05) is 16.9 Å². The van der Waals surface area contributed by atoms with Crippen LogP contribution in [0.25, 0.3) is 0 Å². The molecule has 1 aromatic heterocycles. The van der Waals surface area contributed by atoms with E-state index in [1.54, 1.807) is 6.20 Å². The summed E-state index contributed by atoms with van der Waals surface area (Å²) in [4.78, 5) is 4.56. The zero-order valence-corrected chi connectivity index (χ0v) is 13.1. The summed E-state index contributed by atoms with van der Waals surface area (Å²) in [6, 6.07) is 1.94. The molecule has 102 valence electrons. The first-order valence-electron chi connectivity index (χ1n) is 6.38. The zero-order chi connectivity index (χ0) is 11.9. The van der Waals surface area contributed by atoms with Gasteiger partial charge in [-0.15, -0.1) is 24.0 Å². The molecule has 0 spiro atoms. The largest absolute Gasteiger partial charge is 0.357 e. The van der Waals surface area contributed by atoms with Crippen molar-refractivity contribution in [3.63, 3.8) is 0 Å². The van der Waals surface area contributed by atoms with Crippen molar-refractivity contribution in [2.45, 2.75) is 26.3 Å². The van der Waals surface area contributed by atoms with Crippen LogP contribution in [0.5, 0.6) is 0 Å². The second-order valence-electron chi connectivity index (χ2n) is 4.36. The molecule has 0 aliphatic heterocycles. The lowest BCUT2D eigenvalue weighted by molar-refractivity contribution is 0.597. The van der Waals surface area contributed by atoms with Crippen molar-refractivity contribution in [3.05, 3.63) is 18.5 Å². The Morgan fingerprint density at radius 3 is 2.89 bits per heavy atom. The topological polar surface area (TPSA) is 54.2 Å². The van der Waals surface area contributed by atoms with Gasteiger partial charge in [-0.25, -0.2) is 0 Å². The Morgan fingerprint density at radius 2 is 2.28 bits per heavy atom. The Labute approximate surface area is 125 Å². The standard InChI is InChI=1S/C12H21N5.HI/c1-2-13-12(15-10-11-4-5-11)14-7-9-17-8-3-6-16-17;/h3,6,8,11H,2,4-5,7,9-10H2,1H3,(H2,13,14,15);1H. The van der Waals surface area contributed by atoms with Gasteiger partial charge >= 0.3 is 0 Å². The Balaban J connectivity index is 0.00000162. The monoisotopic (exact) mass is 363 g/mol. The summed E-state index contributed by atoms with van der Waals surface area (Å²) < 4.78 is 1.91. The van der Waals surface area contributed by atoms with E-state index in [-0.39, 0.29) is 24.0 Å². The Hall–Kier alpha value is -0.790. The maximum atomic E-state index is 4.56. The molecule has 1 aliphatic rings. The van der Waals surface area contributed by atoms with E-state index >= 15 is 0 Å². The number of guanidine groups is 1. The summed E-state index contributed by atoms with van der Waals surface area (Å²) >= 11 is 0. The van der Waals surface area contributed by atoms with Crippen molar-refractivity contribution in [1.82, 2.24) is 20.4 Å². The van der Waals surface area contributed by atoms with Gasteiger partial charge in [0.25, 0.3) is 0 Å². The average Bonchev–Trinajstić information content (AvgIpc) is 3.02. The minimum Gasteiger partial charge on any atom is -0.357 e. The number of halogens is 1. The number of rotatable bonds is 6. The molecule has 1 fully saturated rings. The van der Waals surface area contributed by atoms with Crippen LogP contribution in [0.2, 0.25) is 0 Å². The first-order valence-corrected chi connectivity index (χ1v) is 6.38. The normalized spacial score (nSPS) is 15.1. The molecule has 0 aromatic carbocycles. The Morgan fingerprint density at radius 1 is 1.44 bits per heavy atom. The van der Waals surface area contributed by atoms with E-state index < -0.39 is 0 Å². The average molecular weight is 363 g/mol. The van der Waals surface area contributed by atoms with E-state index in [9.17, 15) is 0 Å². The van der Waals surface area contributed by atoms with Gasteiger partial charge in [0, 0.05) is 32.0 Å². The van der Waals surface area contributed by atoms with Crippen molar-refractivity contribution in [1.29, 1.82) is 0 Å². The number of aromatic nitrogens is 2. The van der Waals surface area contributed by atoms with Crippen molar-refractivity contribution in [3.8, 4) is 0 Å². The molecule has 0 atom stereocenters. The maximum absolute atomic E-state index is 4.56. The van der Waals surface area contributed by atoms with Crippen LogP contribution in [0.3, 0.4) is 0 Å². The van der Waals surface area contributed by atoms with Gasteiger partial charge in [-0.05, 0) is 31.7 Å². The molecule has 0 bridgehead atoms. The number of hydrogen-bond acceptors (Lipinski definition) is 2. The van der Waals surface area contributed by atoms with Gasteiger partial charge in [0.1, 0.15) is 0 Å². The Bertz CT molecular complexity index is 345. The molecular weight excluding hydrogens is 341 g/mol. The first-order chi connectivity index (χ1) is 8.38. The minimum absolute atomic E-state index is 0. The molecule has 1 aromatic rings. The number of hydrogen-bond donors (Lipinski definition) is 2. The summed E-state index contributed by atoms with van der Waals surface area (Å²) in [7, 11) is 0. The third-order valence-electron chi connectivity index (χ3n) is 2.74. The van der Waals surface area contributed by atoms with E-state index in [0.29, 0.717) is 0 Å². The van der Waals surface area contributed by atoms with Crippen molar-refractivity contribution < 1.29 is 0 Å². The minimum atomic E-state index is 0. The summed E-state index contributed by atoms with van der Waals surface area (Å²) in [6.07, 6.45) is 6.45. The summed E-state index contributed by atoms with van der Waals surface area (Å²) in [6.45, 7) is 5.65. The van der Waals surface area contributed by atoms with Crippen LogP contribution in [0.15, 0.2) is 23.5 Å². The molecule has 0 unspecified atom stereocenters. The van der Waals surface area contributed by atoms with Crippen molar-refractivity contribution in [2.24, 2.45) is 10.9 Å². The van der Waals surface area contributed by atoms with Gasteiger partial charge in [0.15, 0.2) is 5.96 Å². The lowest BCUT2D eigenvalue weighted by Gasteiger charge is -2.11. The molecule has 1 aliphatic carbocycles. The van der Waals surface area contributed by atoms with E-state index in [2.05, 4.69) is 27.6 Å². The third kappa shape index (κ3) is 5.70. The van der Waals surface area contributed by atoms with E-state index in [1.165, 1.54) is 12.8 Å². The highest BCUT2D eigenvalue weighted by Gasteiger charge is 2.20. The SMILES string of the molecule is CCNC(=NCC1CC1)NCCn1cccn1.I. The number of aliphatic imine (C=N–C) groups is 1. The first kappa shape index (κ1) is 15.3. The van der Waals surface area contributed by atoms with Crippen LogP contribution in [0.1, 0.15) is 19.8 Å². The molecule has 0 amide bonds. The van der Waals surface area contributed by atoms with Crippen LogP contribution in [0.4, 0.5) is 0 Å². The lowest BCUT2D eigenvalue weighted by Crippen LogP contribution is -2.39. The fraction of sp³-hybridized carbons (Fsp3) is 0.667. The molecule has 2 rings (SSSR count). The lowest BCUT2D eigenvalue weighted by atomic mass is 10.4. The van der Waals surface area contributed by atoms with Crippen molar-refractivity contribution >= 4 is 29.9 Å². The predicted molar refractivity (Wildman–Crippen MR) is 84.3 cm³/mol. The van der Waals surface area contributed by atoms with Gasteiger partial charge in [-0.3, -0.25) is 9.67 Å². The van der Waals surface area contributed by atoms with Crippen LogP contribution in [-0.2, 0) is 6.54 Å². The molecule has 1 heterocycles. The van der Waals surface area contributed by atoms with Gasteiger partial charge < -0.3 is 10.6 Å². The fourth-order valence-electron chi connectivity index (χ4n) is 1.58. The van der Waals surface area contributed by atoms with Crippen LogP contribution < -0.4 is 10.6 Å². The second kappa shape index (κ2) is 8.34. The summed E-state index contributed by atoms with van der Waals surface area (Å²) in [5, 5.41) is 10.7. The van der Waals surface area contributed by atoms with Gasteiger partial charge in [-0.1, -0.05) is 0 Å². The molecule has 0 radical (unpaired) electrons. The quantitative estimate of drug-likeness (QED) is 0.457. The number of nitrogens with zero attached hydrogens (tertiary/aromatic N) is 3. The van der Waals surface area contributed by atoms with Crippen LogP contribution in [0, 0.1) is 5.92 Å². The van der Waals surface area contributed by atoms with Gasteiger partial charge in [-0.2, -0.15) is 5.10 Å². The smallest absolute Gasteiger partial charge is 0.191 e. The molecule has 5 nitrogen and oxygen atoms in total.